The third kappa shape index (κ3) is 2.99. The molecule has 1 fully saturated rings. The third-order valence-corrected chi connectivity index (χ3v) is 6.30. The molecule has 0 bridgehead atoms. The Kier molecular flexibility index (Phi) is 4.00. The summed E-state index contributed by atoms with van der Waals surface area (Å²) in [6.07, 6.45) is 4.90. The van der Waals surface area contributed by atoms with Crippen molar-refractivity contribution in [3.05, 3.63) is 64.3 Å². The second-order valence-corrected chi connectivity index (χ2v) is 8.98. The van der Waals surface area contributed by atoms with Crippen LogP contribution in [0.2, 0.25) is 0 Å². The van der Waals surface area contributed by atoms with E-state index >= 15 is 0 Å². The van der Waals surface area contributed by atoms with E-state index < -0.39 is 0 Å². The number of hydrogen-bond donors (Lipinski definition) is 0. The molecule has 0 aliphatic carbocycles. The number of fused-ring (bicyclic) bond motifs is 2. The molecule has 0 spiro atoms. The molecule has 5 heteroatoms. The molecule has 1 atom stereocenters. The van der Waals surface area contributed by atoms with E-state index in [1.54, 1.807) is 0 Å². The van der Waals surface area contributed by atoms with E-state index in [-0.39, 0.29) is 11.0 Å². The zero-order chi connectivity index (χ0) is 19.3. The Labute approximate surface area is 165 Å². The molecule has 0 saturated carbocycles. The van der Waals surface area contributed by atoms with Crippen molar-refractivity contribution in [1.29, 1.82) is 0 Å². The number of hydrogen-bond acceptors (Lipinski definition) is 4. The van der Waals surface area contributed by atoms with Gasteiger partial charge in [0.15, 0.2) is 0 Å². The standard InChI is InChI=1S/C23H26N4O/c1-23(2)10-8-21-25-19-13-16(6-7-18(19)22(28)27(21)15-23)17-9-12-26(14-17)20-5-3-4-11-24-20/h3-7,11,13,17H,8-10,12,14-15H2,1-2H3. The van der Waals surface area contributed by atoms with Gasteiger partial charge in [0.1, 0.15) is 11.6 Å². The molecule has 1 aromatic carbocycles. The van der Waals surface area contributed by atoms with E-state index in [2.05, 4.69) is 41.9 Å². The Morgan fingerprint density at radius 1 is 1.18 bits per heavy atom. The van der Waals surface area contributed by atoms with Gasteiger partial charge in [-0.25, -0.2) is 9.97 Å². The van der Waals surface area contributed by atoms with Gasteiger partial charge >= 0.3 is 0 Å². The summed E-state index contributed by atoms with van der Waals surface area (Å²) in [4.78, 5) is 24.7. The summed E-state index contributed by atoms with van der Waals surface area (Å²) in [5.74, 6) is 2.43. The number of aromatic nitrogens is 3. The molecule has 1 unspecified atom stereocenters. The number of anilines is 1. The van der Waals surface area contributed by atoms with Gasteiger partial charge in [-0.05, 0) is 48.1 Å². The number of pyridine rings is 1. The molecule has 3 aromatic rings. The highest BCUT2D eigenvalue weighted by molar-refractivity contribution is 5.78. The number of rotatable bonds is 2. The van der Waals surface area contributed by atoms with Crippen LogP contribution in [-0.2, 0) is 13.0 Å². The van der Waals surface area contributed by atoms with Gasteiger partial charge in [0.2, 0.25) is 0 Å². The van der Waals surface area contributed by atoms with Gasteiger partial charge in [-0.2, -0.15) is 0 Å². The lowest BCUT2D eigenvalue weighted by Crippen LogP contribution is -2.36. The Morgan fingerprint density at radius 2 is 2.07 bits per heavy atom. The van der Waals surface area contributed by atoms with Crippen LogP contribution in [0.5, 0.6) is 0 Å². The smallest absolute Gasteiger partial charge is 0.261 e. The quantitative estimate of drug-likeness (QED) is 0.685. The third-order valence-electron chi connectivity index (χ3n) is 6.30. The molecule has 1 saturated heterocycles. The zero-order valence-electron chi connectivity index (χ0n) is 16.6. The lowest BCUT2D eigenvalue weighted by molar-refractivity contribution is 0.240. The topological polar surface area (TPSA) is 51.0 Å². The van der Waals surface area contributed by atoms with Crippen molar-refractivity contribution in [3.63, 3.8) is 0 Å². The van der Waals surface area contributed by atoms with Crippen molar-refractivity contribution in [1.82, 2.24) is 14.5 Å². The predicted molar refractivity (Wildman–Crippen MR) is 112 cm³/mol. The summed E-state index contributed by atoms with van der Waals surface area (Å²) in [6, 6.07) is 12.3. The van der Waals surface area contributed by atoms with Crippen molar-refractivity contribution in [3.8, 4) is 0 Å². The van der Waals surface area contributed by atoms with Crippen LogP contribution in [0.4, 0.5) is 5.82 Å². The maximum absolute atomic E-state index is 13.0. The van der Waals surface area contributed by atoms with E-state index in [1.165, 1.54) is 5.56 Å². The fourth-order valence-corrected chi connectivity index (χ4v) is 4.63. The average Bonchev–Trinajstić information content (AvgIpc) is 3.19. The fraction of sp³-hybridized carbons (Fsp3) is 0.435. The van der Waals surface area contributed by atoms with Crippen LogP contribution in [0.1, 0.15) is 44.0 Å². The summed E-state index contributed by atoms with van der Waals surface area (Å²) >= 11 is 0. The second-order valence-electron chi connectivity index (χ2n) is 8.98. The van der Waals surface area contributed by atoms with Crippen molar-refractivity contribution in [2.45, 2.75) is 45.6 Å². The number of nitrogens with zero attached hydrogens (tertiary/aromatic N) is 4. The normalized spacial score (nSPS) is 21.1. The minimum atomic E-state index is 0.112. The van der Waals surface area contributed by atoms with Gasteiger partial charge in [-0.1, -0.05) is 26.0 Å². The maximum Gasteiger partial charge on any atom is 0.261 e. The zero-order valence-corrected chi connectivity index (χ0v) is 16.6. The van der Waals surface area contributed by atoms with Crippen LogP contribution in [0.25, 0.3) is 10.9 Å². The predicted octanol–water partition coefficient (Wildman–Crippen LogP) is 3.76. The molecule has 0 radical (unpaired) electrons. The summed E-state index contributed by atoms with van der Waals surface area (Å²) in [5, 5.41) is 0.741. The molecule has 28 heavy (non-hydrogen) atoms. The van der Waals surface area contributed by atoms with E-state index in [0.717, 1.165) is 61.4 Å². The fourth-order valence-electron chi connectivity index (χ4n) is 4.63. The van der Waals surface area contributed by atoms with Crippen LogP contribution in [0.3, 0.4) is 0 Å². The van der Waals surface area contributed by atoms with Crippen molar-refractivity contribution in [2.24, 2.45) is 5.41 Å². The maximum atomic E-state index is 13.0. The lowest BCUT2D eigenvalue weighted by atomic mass is 9.85. The average molecular weight is 374 g/mol. The molecule has 5 rings (SSSR count). The van der Waals surface area contributed by atoms with Crippen molar-refractivity contribution < 1.29 is 0 Å². The van der Waals surface area contributed by atoms with Crippen LogP contribution >= 0.6 is 0 Å². The van der Waals surface area contributed by atoms with E-state index in [1.807, 2.05) is 29.0 Å². The Morgan fingerprint density at radius 3 is 2.89 bits per heavy atom. The molecular formula is C23H26N4O. The first kappa shape index (κ1) is 17.4. The van der Waals surface area contributed by atoms with Crippen LogP contribution < -0.4 is 10.5 Å². The van der Waals surface area contributed by atoms with Crippen molar-refractivity contribution in [2.75, 3.05) is 18.0 Å². The summed E-state index contributed by atoms with van der Waals surface area (Å²) in [7, 11) is 0. The number of aryl methyl sites for hydroxylation is 1. The van der Waals surface area contributed by atoms with Crippen molar-refractivity contribution >= 4 is 16.7 Å². The first-order valence-electron chi connectivity index (χ1n) is 10.2. The molecule has 0 amide bonds. The van der Waals surface area contributed by atoms with Gasteiger partial charge in [-0.3, -0.25) is 9.36 Å². The minimum Gasteiger partial charge on any atom is -0.356 e. The van der Waals surface area contributed by atoms with Gasteiger partial charge in [0.05, 0.1) is 10.9 Å². The van der Waals surface area contributed by atoms with Crippen LogP contribution in [-0.4, -0.2) is 27.6 Å². The largest absolute Gasteiger partial charge is 0.356 e. The van der Waals surface area contributed by atoms with Gasteiger partial charge in [0.25, 0.3) is 5.56 Å². The summed E-state index contributed by atoms with van der Waals surface area (Å²) in [5.41, 5.74) is 2.40. The monoisotopic (exact) mass is 374 g/mol. The molecular weight excluding hydrogens is 348 g/mol. The van der Waals surface area contributed by atoms with Gasteiger partial charge < -0.3 is 4.90 Å². The molecule has 4 heterocycles. The summed E-state index contributed by atoms with van der Waals surface area (Å²) in [6.45, 7) is 7.18. The van der Waals surface area contributed by atoms with E-state index in [0.29, 0.717) is 5.92 Å². The number of benzene rings is 1. The lowest BCUT2D eigenvalue weighted by Gasteiger charge is -2.31. The Balaban J connectivity index is 1.47. The van der Waals surface area contributed by atoms with Gasteiger partial charge in [-0.15, -0.1) is 0 Å². The molecule has 2 aliphatic rings. The molecule has 2 aromatic heterocycles. The Bertz CT molecular complexity index is 1090. The highest BCUT2D eigenvalue weighted by Gasteiger charge is 2.28. The molecule has 0 N–H and O–H groups in total. The summed E-state index contributed by atoms with van der Waals surface area (Å²) < 4.78 is 1.89. The minimum absolute atomic E-state index is 0.112. The van der Waals surface area contributed by atoms with Crippen LogP contribution in [0, 0.1) is 5.41 Å². The highest BCUT2D eigenvalue weighted by Crippen LogP contribution is 2.32. The molecule has 144 valence electrons. The van der Waals surface area contributed by atoms with E-state index in [9.17, 15) is 4.79 Å². The first-order valence-corrected chi connectivity index (χ1v) is 10.2. The second kappa shape index (κ2) is 6.43. The Hall–Kier alpha value is -2.69. The molecule has 5 nitrogen and oxygen atoms in total. The highest BCUT2D eigenvalue weighted by atomic mass is 16.1. The molecule has 2 aliphatic heterocycles. The van der Waals surface area contributed by atoms with Crippen LogP contribution in [0.15, 0.2) is 47.4 Å². The SMILES string of the molecule is CC1(C)CCc2nc3cc(C4CCN(c5ccccn5)C4)ccc3c(=O)n2C1. The van der Waals surface area contributed by atoms with E-state index in [4.69, 9.17) is 4.98 Å². The first-order chi connectivity index (χ1) is 13.5. The van der Waals surface area contributed by atoms with Gasteiger partial charge in [0, 0.05) is 38.2 Å².